The Bertz CT molecular complexity index is 1030. The molecule has 0 atom stereocenters. The molecule has 0 bridgehead atoms. The molecule has 8 heteroatoms. The number of fused-ring (bicyclic) bond motifs is 2. The van der Waals surface area contributed by atoms with Crippen molar-refractivity contribution in [1.29, 1.82) is 0 Å². The summed E-state index contributed by atoms with van der Waals surface area (Å²) >= 11 is 0. The van der Waals surface area contributed by atoms with Gasteiger partial charge in [-0.3, -0.25) is 4.40 Å². The van der Waals surface area contributed by atoms with Crippen molar-refractivity contribution in [3.05, 3.63) is 43.2 Å². The highest BCUT2D eigenvalue weighted by molar-refractivity contribution is 5.79. The SMILES string of the molecule is OC1CC(Nc2ncc3c(-c4cnc5nccn5c4)ccn3n2)C1. The maximum absolute atomic E-state index is 9.36. The van der Waals surface area contributed by atoms with Crippen LogP contribution in [-0.4, -0.2) is 46.2 Å². The fourth-order valence-corrected chi connectivity index (χ4v) is 3.05. The van der Waals surface area contributed by atoms with Crippen molar-refractivity contribution in [3.8, 4) is 11.1 Å². The molecule has 1 aliphatic carbocycles. The second-order valence-electron chi connectivity index (χ2n) is 6.08. The van der Waals surface area contributed by atoms with Crippen molar-refractivity contribution in [2.75, 3.05) is 5.32 Å². The molecule has 24 heavy (non-hydrogen) atoms. The lowest BCUT2D eigenvalue weighted by atomic mass is 9.90. The third-order valence-corrected chi connectivity index (χ3v) is 4.42. The first kappa shape index (κ1) is 13.4. The van der Waals surface area contributed by atoms with E-state index in [9.17, 15) is 5.11 Å². The summed E-state index contributed by atoms with van der Waals surface area (Å²) in [6, 6.07) is 2.25. The molecule has 0 saturated heterocycles. The Labute approximate surface area is 136 Å². The summed E-state index contributed by atoms with van der Waals surface area (Å²) in [6.07, 6.45) is 12.4. The molecule has 0 unspecified atom stereocenters. The van der Waals surface area contributed by atoms with Crippen LogP contribution in [0.3, 0.4) is 0 Å². The first-order valence-electron chi connectivity index (χ1n) is 7.84. The van der Waals surface area contributed by atoms with Crippen molar-refractivity contribution in [2.45, 2.75) is 25.0 Å². The molecule has 4 heterocycles. The van der Waals surface area contributed by atoms with Crippen LogP contribution in [0.5, 0.6) is 0 Å². The zero-order valence-electron chi connectivity index (χ0n) is 12.7. The second kappa shape index (κ2) is 5.00. The van der Waals surface area contributed by atoms with Crippen LogP contribution in [0.1, 0.15) is 12.8 Å². The topological polar surface area (TPSA) is 92.6 Å². The van der Waals surface area contributed by atoms with E-state index in [1.165, 1.54) is 0 Å². The Morgan fingerprint density at radius 1 is 1.12 bits per heavy atom. The molecule has 4 aromatic rings. The number of rotatable bonds is 3. The van der Waals surface area contributed by atoms with Gasteiger partial charge in [0.1, 0.15) is 0 Å². The van der Waals surface area contributed by atoms with Crippen LogP contribution in [0.4, 0.5) is 5.95 Å². The summed E-state index contributed by atoms with van der Waals surface area (Å²) in [7, 11) is 0. The Morgan fingerprint density at radius 2 is 2.04 bits per heavy atom. The molecule has 0 spiro atoms. The molecular formula is C16H15N7O. The van der Waals surface area contributed by atoms with Crippen LogP contribution < -0.4 is 5.32 Å². The minimum atomic E-state index is -0.199. The van der Waals surface area contributed by atoms with Crippen LogP contribution in [0.2, 0.25) is 0 Å². The van der Waals surface area contributed by atoms with E-state index in [0.29, 0.717) is 11.7 Å². The zero-order chi connectivity index (χ0) is 16.1. The number of nitrogens with one attached hydrogen (secondary N) is 1. The summed E-state index contributed by atoms with van der Waals surface area (Å²) in [5.74, 6) is 1.25. The van der Waals surface area contributed by atoms with Gasteiger partial charge in [0.25, 0.3) is 0 Å². The predicted octanol–water partition coefficient (Wildman–Crippen LogP) is 1.37. The Morgan fingerprint density at radius 3 is 2.92 bits per heavy atom. The third-order valence-electron chi connectivity index (χ3n) is 4.42. The molecule has 4 aromatic heterocycles. The van der Waals surface area contributed by atoms with Gasteiger partial charge in [-0.05, 0) is 18.9 Å². The molecule has 120 valence electrons. The van der Waals surface area contributed by atoms with Crippen molar-refractivity contribution >= 4 is 17.2 Å². The number of aliphatic hydroxyl groups is 1. The molecule has 0 aliphatic heterocycles. The van der Waals surface area contributed by atoms with E-state index < -0.39 is 0 Å². The van der Waals surface area contributed by atoms with Crippen LogP contribution in [0, 0.1) is 0 Å². The Kier molecular flexibility index (Phi) is 2.80. The lowest BCUT2D eigenvalue weighted by Crippen LogP contribution is -2.39. The fraction of sp³-hybridized carbons (Fsp3) is 0.250. The smallest absolute Gasteiger partial charge is 0.241 e. The average molecular weight is 321 g/mol. The quantitative estimate of drug-likeness (QED) is 0.592. The first-order chi connectivity index (χ1) is 11.8. The van der Waals surface area contributed by atoms with E-state index in [1.54, 1.807) is 23.1 Å². The summed E-state index contributed by atoms with van der Waals surface area (Å²) in [5.41, 5.74) is 2.91. The van der Waals surface area contributed by atoms with Crippen LogP contribution >= 0.6 is 0 Å². The van der Waals surface area contributed by atoms with Gasteiger partial charge < -0.3 is 10.4 Å². The van der Waals surface area contributed by atoms with Crippen LogP contribution in [0.25, 0.3) is 22.4 Å². The minimum Gasteiger partial charge on any atom is -0.393 e. The highest BCUT2D eigenvalue weighted by atomic mass is 16.3. The van der Waals surface area contributed by atoms with E-state index in [1.807, 2.05) is 29.1 Å². The van der Waals surface area contributed by atoms with E-state index in [0.717, 1.165) is 29.5 Å². The molecule has 0 amide bonds. The van der Waals surface area contributed by atoms with Gasteiger partial charge in [0.15, 0.2) is 0 Å². The van der Waals surface area contributed by atoms with Crippen molar-refractivity contribution in [2.24, 2.45) is 0 Å². The molecule has 1 aliphatic rings. The zero-order valence-corrected chi connectivity index (χ0v) is 12.7. The van der Waals surface area contributed by atoms with E-state index in [4.69, 9.17) is 0 Å². The van der Waals surface area contributed by atoms with Gasteiger partial charge in [-0.25, -0.2) is 19.5 Å². The van der Waals surface area contributed by atoms with E-state index in [-0.39, 0.29) is 12.1 Å². The average Bonchev–Trinajstić information content (AvgIpc) is 3.18. The summed E-state index contributed by atoms with van der Waals surface area (Å²) in [6.45, 7) is 0. The molecule has 0 aromatic carbocycles. The maximum atomic E-state index is 9.36. The lowest BCUT2D eigenvalue weighted by Gasteiger charge is -2.31. The van der Waals surface area contributed by atoms with Gasteiger partial charge >= 0.3 is 0 Å². The van der Waals surface area contributed by atoms with Crippen LogP contribution in [0.15, 0.2) is 43.2 Å². The number of aliphatic hydroxyl groups excluding tert-OH is 1. The highest BCUT2D eigenvalue weighted by Crippen LogP contribution is 2.26. The number of anilines is 1. The Balaban J connectivity index is 1.50. The standard InChI is InChI=1S/C16H15N7O/c24-12-5-11(6-12)20-15-18-8-14-13(1-3-23(14)21-15)10-7-19-16-17-2-4-22(16)9-10/h1-4,7-9,11-12,24H,5-6H2,(H,20,21). The third kappa shape index (κ3) is 2.11. The van der Waals surface area contributed by atoms with Crippen molar-refractivity contribution in [1.82, 2.24) is 29.0 Å². The molecule has 1 saturated carbocycles. The number of hydrogen-bond acceptors (Lipinski definition) is 6. The second-order valence-corrected chi connectivity index (χ2v) is 6.08. The minimum absolute atomic E-state index is 0.199. The molecule has 8 nitrogen and oxygen atoms in total. The molecule has 5 rings (SSSR count). The van der Waals surface area contributed by atoms with Crippen molar-refractivity contribution < 1.29 is 5.11 Å². The van der Waals surface area contributed by atoms with Gasteiger partial charge in [0.05, 0.1) is 17.8 Å². The summed E-state index contributed by atoms with van der Waals surface area (Å²) in [5, 5.41) is 17.1. The molecule has 1 fully saturated rings. The number of nitrogens with zero attached hydrogens (tertiary/aromatic N) is 6. The van der Waals surface area contributed by atoms with Crippen LogP contribution in [-0.2, 0) is 0 Å². The van der Waals surface area contributed by atoms with Gasteiger partial charge in [0, 0.05) is 48.2 Å². The van der Waals surface area contributed by atoms with Gasteiger partial charge in [-0.2, -0.15) is 0 Å². The molecule has 0 radical (unpaired) electrons. The normalized spacial score (nSPS) is 20.4. The maximum Gasteiger partial charge on any atom is 0.241 e. The number of hydrogen-bond donors (Lipinski definition) is 2. The monoisotopic (exact) mass is 321 g/mol. The van der Waals surface area contributed by atoms with Gasteiger partial charge in [-0.15, -0.1) is 5.10 Å². The lowest BCUT2D eigenvalue weighted by molar-refractivity contribution is 0.0833. The van der Waals surface area contributed by atoms with Crippen molar-refractivity contribution in [3.63, 3.8) is 0 Å². The highest BCUT2D eigenvalue weighted by Gasteiger charge is 2.27. The van der Waals surface area contributed by atoms with Gasteiger partial charge in [-0.1, -0.05) is 0 Å². The first-order valence-corrected chi connectivity index (χ1v) is 7.84. The largest absolute Gasteiger partial charge is 0.393 e. The van der Waals surface area contributed by atoms with E-state index >= 15 is 0 Å². The Hall–Kier alpha value is -3.00. The fourth-order valence-electron chi connectivity index (χ4n) is 3.05. The van der Waals surface area contributed by atoms with Gasteiger partial charge in [0.2, 0.25) is 11.7 Å². The predicted molar refractivity (Wildman–Crippen MR) is 87.6 cm³/mol. The summed E-state index contributed by atoms with van der Waals surface area (Å²) in [4.78, 5) is 12.9. The number of imidazole rings is 1. The summed E-state index contributed by atoms with van der Waals surface area (Å²) < 4.78 is 3.69. The number of aromatic nitrogens is 6. The van der Waals surface area contributed by atoms with E-state index in [2.05, 4.69) is 25.4 Å². The molecular weight excluding hydrogens is 306 g/mol. The molecule has 2 N–H and O–H groups in total.